The summed E-state index contributed by atoms with van der Waals surface area (Å²) in [6.07, 6.45) is 4.82. The number of carbonyl (C=O) groups excluding carboxylic acids is 1. The molecule has 1 N–H and O–H groups in total. The number of amides is 1. The molecule has 1 saturated carbocycles. The van der Waals surface area contributed by atoms with Crippen LogP contribution in [0.3, 0.4) is 0 Å². The van der Waals surface area contributed by atoms with E-state index < -0.39 is 0 Å². The Labute approximate surface area is 148 Å². The second-order valence-corrected chi connectivity index (χ2v) is 10.1. The van der Waals surface area contributed by atoms with E-state index in [4.69, 9.17) is 11.6 Å². The third kappa shape index (κ3) is 4.28. The first-order chi connectivity index (χ1) is 10.8. The molecule has 3 rings (SSSR count). The molecule has 1 aromatic heterocycles. The highest BCUT2D eigenvalue weighted by Gasteiger charge is 2.55. The smallest absolute Gasteiger partial charge is 0.261 e. The van der Waals surface area contributed by atoms with Crippen LogP contribution in [0.15, 0.2) is 12.1 Å². The van der Waals surface area contributed by atoms with Crippen molar-refractivity contribution in [1.82, 2.24) is 10.2 Å². The summed E-state index contributed by atoms with van der Waals surface area (Å²) < 4.78 is 0.674. The predicted molar refractivity (Wildman–Crippen MR) is 97.4 cm³/mol. The lowest BCUT2D eigenvalue weighted by Crippen LogP contribution is -2.39. The Kier molecular flexibility index (Phi) is 4.78. The highest BCUT2D eigenvalue weighted by molar-refractivity contribution is 7.18. The van der Waals surface area contributed by atoms with Gasteiger partial charge in [-0.2, -0.15) is 0 Å². The second-order valence-electron chi connectivity index (χ2n) is 8.35. The van der Waals surface area contributed by atoms with Crippen molar-refractivity contribution in [3.8, 4) is 0 Å². The van der Waals surface area contributed by atoms with E-state index in [-0.39, 0.29) is 5.91 Å². The molecule has 23 heavy (non-hydrogen) atoms. The Morgan fingerprint density at radius 3 is 2.65 bits per heavy atom. The first-order valence-corrected chi connectivity index (χ1v) is 9.75. The van der Waals surface area contributed by atoms with Gasteiger partial charge >= 0.3 is 0 Å². The third-order valence-corrected chi connectivity index (χ3v) is 6.55. The lowest BCUT2D eigenvalue weighted by atomic mass is 9.89. The summed E-state index contributed by atoms with van der Waals surface area (Å²) in [4.78, 5) is 15.6. The molecule has 3 nitrogen and oxygen atoms in total. The van der Waals surface area contributed by atoms with Crippen LogP contribution in [0.1, 0.15) is 56.1 Å². The number of carbonyl (C=O) groups is 1. The molecule has 0 aromatic carbocycles. The van der Waals surface area contributed by atoms with Gasteiger partial charge in [-0.25, -0.2) is 0 Å². The van der Waals surface area contributed by atoms with E-state index in [9.17, 15) is 4.79 Å². The lowest BCUT2D eigenvalue weighted by Gasteiger charge is -2.34. The number of nitrogens with zero attached hydrogens (tertiary/aromatic N) is 1. The quantitative estimate of drug-likeness (QED) is 0.867. The van der Waals surface area contributed by atoms with Gasteiger partial charge in [-0.05, 0) is 68.3 Å². The van der Waals surface area contributed by atoms with Crippen LogP contribution in [0, 0.1) is 10.8 Å². The van der Waals surface area contributed by atoms with E-state index in [1.54, 1.807) is 6.07 Å². The predicted octanol–water partition coefficient (Wildman–Crippen LogP) is 4.42. The Hall–Kier alpha value is -0.580. The fraction of sp³-hybridized carbons (Fsp3) is 0.722. The topological polar surface area (TPSA) is 32.3 Å². The van der Waals surface area contributed by atoms with Gasteiger partial charge in [0.15, 0.2) is 0 Å². The monoisotopic (exact) mass is 354 g/mol. The summed E-state index contributed by atoms with van der Waals surface area (Å²) >= 11 is 7.26. The molecule has 2 heterocycles. The average molecular weight is 355 g/mol. The zero-order chi connectivity index (χ0) is 16.7. The Morgan fingerprint density at radius 2 is 2.09 bits per heavy atom. The van der Waals surface area contributed by atoms with E-state index in [0.717, 1.165) is 11.3 Å². The molecule has 1 amide bonds. The van der Waals surface area contributed by atoms with Crippen molar-refractivity contribution >= 4 is 28.8 Å². The number of rotatable bonds is 4. The van der Waals surface area contributed by atoms with Gasteiger partial charge < -0.3 is 10.2 Å². The van der Waals surface area contributed by atoms with Crippen LogP contribution in [0.2, 0.25) is 4.34 Å². The normalized spacial score (nSPS) is 23.9. The molecule has 128 valence electrons. The van der Waals surface area contributed by atoms with E-state index >= 15 is 0 Å². The van der Waals surface area contributed by atoms with Crippen LogP contribution in [-0.2, 0) is 0 Å². The molecule has 1 aromatic rings. The van der Waals surface area contributed by atoms with Crippen molar-refractivity contribution in [1.29, 1.82) is 0 Å². The molecule has 2 fully saturated rings. The summed E-state index contributed by atoms with van der Waals surface area (Å²) in [5.74, 6) is 0.0407. The van der Waals surface area contributed by atoms with Crippen LogP contribution in [0.25, 0.3) is 0 Å². The second kappa shape index (κ2) is 6.38. The van der Waals surface area contributed by atoms with E-state index in [2.05, 4.69) is 31.0 Å². The van der Waals surface area contributed by atoms with E-state index in [1.807, 2.05) is 6.07 Å². The number of thiophene rings is 1. The highest BCUT2D eigenvalue weighted by Crippen LogP contribution is 2.54. The largest absolute Gasteiger partial charge is 0.348 e. The molecule has 5 heteroatoms. The SMILES string of the molecule is CC(C)(C)CCN1CCC2(CC1)CC2NC(=O)c1ccc(Cl)s1. The molecule has 0 radical (unpaired) electrons. The van der Waals surface area contributed by atoms with Crippen molar-refractivity contribution in [2.24, 2.45) is 10.8 Å². The van der Waals surface area contributed by atoms with Gasteiger partial charge in [0, 0.05) is 6.04 Å². The van der Waals surface area contributed by atoms with Gasteiger partial charge in [0.25, 0.3) is 5.91 Å². The summed E-state index contributed by atoms with van der Waals surface area (Å²) in [5.41, 5.74) is 0.780. The summed E-state index contributed by atoms with van der Waals surface area (Å²) in [6.45, 7) is 10.5. The average Bonchev–Trinajstić information content (AvgIpc) is 2.92. The maximum Gasteiger partial charge on any atom is 0.261 e. The molecule has 1 spiro atoms. The minimum atomic E-state index is 0.0407. The minimum Gasteiger partial charge on any atom is -0.348 e. The van der Waals surface area contributed by atoms with Gasteiger partial charge in [0.2, 0.25) is 0 Å². The Bertz CT molecular complexity index is 570. The third-order valence-electron chi connectivity index (χ3n) is 5.32. The molecule has 1 aliphatic carbocycles. The Morgan fingerprint density at radius 1 is 1.39 bits per heavy atom. The van der Waals surface area contributed by atoms with Crippen molar-refractivity contribution in [2.75, 3.05) is 19.6 Å². The molecule has 2 aliphatic rings. The molecular formula is C18H27ClN2OS. The standard InChI is InChI=1S/C18H27ClN2OS/c1-17(2,3)6-9-21-10-7-18(8-11-21)12-14(18)20-16(22)13-4-5-15(19)23-13/h4-5,14H,6-12H2,1-3H3,(H,20,22). The fourth-order valence-electron chi connectivity index (χ4n) is 3.49. The highest BCUT2D eigenvalue weighted by atomic mass is 35.5. The van der Waals surface area contributed by atoms with Crippen LogP contribution < -0.4 is 5.32 Å². The summed E-state index contributed by atoms with van der Waals surface area (Å²) in [7, 11) is 0. The fourth-order valence-corrected chi connectivity index (χ4v) is 4.43. The van der Waals surface area contributed by atoms with Crippen molar-refractivity contribution < 1.29 is 4.79 Å². The van der Waals surface area contributed by atoms with Gasteiger partial charge in [0.05, 0.1) is 9.21 Å². The number of halogens is 1. The van der Waals surface area contributed by atoms with Crippen LogP contribution in [0.4, 0.5) is 0 Å². The number of nitrogens with one attached hydrogen (secondary N) is 1. The summed E-state index contributed by atoms with van der Waals surface area (Å²) in [5, 5.41) is 3.21. The zero-order valence-electron chi connectivity index (χ0n) is 14.3. The number of hydrogen-bond donors (Lipinski definition) is 1. The molecular weight excluding hydrogens is 328 g/mol. The van der Waals surface area contributed by atoms with Crippen LogP contribution in [-0.4, -0.2) is 36.5 Å². The van der Waals surface area contributed by atoms with Crippen LogP contribution in [0.5, 0.6) is 0 Å². The minimum absolute atomic E-state index is 0.0407. The summed E-state index contributed by atoms with van der Waals surface area (Å²) in [6, 6.07) is 3.96. The zero-order valence-corrected chi connectivity index (χ0v) is 15.9. The molecule has 1 aliphatic heterocycles. The maximum absolute atomic E-state index is 12.2. The molecule has 1 saturated heterocycles. The number of piperidine rings is 1. The lowest BCUT2D eigenvalue weighted by molar-refractivity contribution is 0.0936. The van der Waals surface area contributed by atoms with Gasteiger partial charge in [-0.3, -0.25) is 4.79 Å². The molecule has 1 unspecified atom stereocenters. The number of likely N-dealkylation sites (tertiary alicyclic amines) is 1. The van der Waals surface area contributed by atoms with Crippen LogP contribution >= 0.6 is 22.9 Å². The van der Waals surface area contributed by atoms with Gasteiger partial charge in [0.1, 0.15) is 0 Å². The maximum atomic E-state index is 12.2. The Balaban J connectivity index is 1.45. The van der Waals surface area contributed by atoms with Gasteiger partial charge in [-0.1, -0.05) is 32.4 Å². The number of hydrogen-bond acceptors (Lipinski definition) is 3. The van der Waals surface area contributed by atoms with E-state index in [1.165, 1.54) is 50.2 Å². The van der Waals surface area contributed by atoms with E-state index in [0.29, 0.717) is 21.2 Å². The van der Waals surface area contributed by atoms with Gasteiger partial charge in [-0.15, -0.1) is 11.3 Å². The molecule has 1 atom stereocenters. The first-order valence-electron chi connectivity index (χ1n) is 8.56. The van der Waals surface area contributed by atoms with Crippen molar-refractivity contribution in [3.05, 3.63) is 21.3 Å². The van der Waals surface area contributed by atoms with Crippen molar-refractivity contribution in [2.45, 2.75) is 52.5 Å². The molecule has 0 bridgehead atoms. The first kappa shape index (κ1) is 17.2. The van der Waals surface area contributed by atoms with Crippen molar-refractivity contribution in [3.63, 3.8) is 0 Å².